The van der Waals surface area contributed by atoms with Crippen molar-refractivity contribution >= 4 is 48.4 Å². The average molecular weight is 399 g/mol. The fourth-order valence-corrected chi connectivity index (χ4v) is 3.60. The maximum Gasteiger partial charge on any atom is 0.294 e. The summed E-state index contributed by atoms with van der Waals surface area (Å²) in [6, 6.07) is 11.5. The average Bonchev–Trinajstić information content (AvgIpc) is 2.45. The lowest BCUT2D eigenvalue weighted by atomic mass is 10.0. The van der Waals surface area contributed by atoms with Crippen LogP contribution < -0.4 is 0 Å². The molecule has 3 aromatic rings. The zero-order valence-electron chi connectivity index (χ0n) is 11.0. The molecule has 0 radical (unpaired) electrons. The third kappa shape index (κ3) is 2.87. The maximum absolute atomic E-state index is 11.2. The molecule has 1 aromatic heterocycles. The van der Waals surface area contributed by atoms with Crippen molar-refractivity contribution in [3.8, 4) is 11.3 Å². The predicted octanol–water partition coefficient (Wildman–Crippen LogP) is 4.56. The van der Waals surface area contributed by atoms with Gasteiger partial charge >= 0.3 is 0 Å². The highest BCUT2D eigenvalue weighted by atomic mass is 79.9. The van der Waals surface area contributed by atoms with E-state index in [2.05, 4.69) is 20.9 Å². The highest BCUT2D eigenvalue weighted by Gasteiger charge is 2.13. The quantitative estimate of drug-likeness (QED) is 0.642. The van der Waals surface area contributed by atoms with Gasteiger partial charge < -0.3 is 0 Å². The molecule has 0 aliphatic rings. The topological polar surface area (TPSA) is 67.3 Å². The van der Waals surface area contributed by atoms with E-state index >= 15 is 0 Å². The number of fused-ring (bicyclic) bond motifs is 1. The van der Waals surface area contributed by atoms with Gasteiger partial charge in [0.05, 0.1) is 10.6 Å². The monoisotopic (exact) mass is 397 g/mol. The van der Waals surface area contributed by atoms with Crippen molar-refractivity contribution in [3.05, 3.63) is 58.2 Å². The van der Waals surface area contributed by atoms with Crippen LogP contribution in [-0.2, 0) is 10.1 Å². The Kier molecular flexibility index (Phi) is 3.94. The number of hydrogen-bond donors (Lipinski definition) is 1. The number of nitrogens with zero attached hydrogens (tertiary/aromatic N) is 1. The molecule has 3 rings (SSSR count). The summed E-state index contributed by atoms with van der Waals surface area (Å²) in [6.07, 6.45) is 1.59. The highest BCUT2D eigenvalue weighted by Crippen LogP contribution is 2.34. The van der Waals surface area contributed by atoms with Gasteiger partial charge in [-0.2, -0.15) is 8.42 Å². The van der Waals surface area contributed by atoms with E-state index in [1.54, 1.807) is 30.5 Å². The van der Waals surface area contributed by atoms with E-state index in [1.807, 2.05) is 6.07 Å². The van der Waals surface area contributed by atoms with Gasteiger partial charge in [0, 0.05) is 26.6 Å². The molecule has 0 amide bonds. The molecule has 0 saturated heterocycles. The Labute approximate surface area is 140 Å². The molecule has 0 aliphatic carbocycles. The minimum atomic E-state index is -4.23. The van der Waals surface area contributed by atoms with Crippen LogP contribution in [-0.4, -0.2) is 18.0 Å². The molecular weight excluding hydrogens is 390 g/mol. The number of rotatable bonds is 2. The van der Waals surface area contributed by atoms with Gasteiger partial charge in [0.1, 0.15) is 0 Å². The lowest BCUT2D eigenvalue weighted by Crippen LogP contribution is -1.98. The molecule has 0 spiro atoms. The maximum atomic E-state index is 11.2. The fourth-order valence-electron chi connectivity index (χ4n) is 2.21. The lowest BCUT2D eigenvalue weighted by molar-refractivity contribution is 0.483. The lowest BCUT2D eigenvalue weighted by Gasteiger charge is -2.09. The van der Waals surface area contributed by atoms with E-state index in [0.717, 1.165) is 15.4 Å². The second-order valence-corrected chi connectivity index (χ2v) is 7.35. The smallest absolute Gasteiger partial charge is 0.282 e. The van der Waals surface area contributed by atoms with Crippen LogP contribution in [0.5, 0.6) is 0 Å². The molecule has 0 aliphatic heterocycles. The molecule has 0 bridgehead atoms. The summed E-state index contributed by atoms with van der Waals surface area (Å²) in [7, 11) is -4.23. The Morgan fingerprint density at radius 2 is 1.86 bits per heavy atom. The normalized spacial score (nSPS) is 11.8. The van der Waals surface area contributed by atoms with Crippen LogP contribution in [0.15, 0.2) is 58.0 Å². The Hall–Kier alpha value is -1.47. The zero-order chi connectivity index (χ0) is 15.9. The number of pyridine rings is 1. The summed E-state index contributed by atoms with van der Waals surface area (Å²) in [5.41, 5.74) is 1.54. The highest BCUT2D eigenvalue weighted by molar-refractivity contribution is 9.10. The van der Waals surface area contributed by atoms with Gasteiger partial charge in [0.2, 0.25) is 0 Å². The van der Waals surface area contributed by atoms with Crippen LogP contribution in [0.1, 0.15) is 0 Å². The number of benzene rings is 2. The summed E-state index contributed by atoms with van der Waals surface area (Å²) >= 11 is 9.40. The van der Waals surface area contributed by atoms with Crippen LogP contribution in [0.25, 0.3) is 22.0 Å². The Bertz CT molecular complexity index is 989. The van der Waals surface area contributed by atoms with Gasteiger partial charge in [-0.3, -0.25) is 9.54 Å². The number of hydrogen-bond acceptors (Lipinski definition) is 3. The number of aromatic nitrogens is 1. The van der Waals surface area contributed by atoms with E-state index in [9.17, 15) is 8.42 Å². The van der Waals surface area contributed by atoms with Crippen molar-refractivity contribution in [1.82, 2.24) is 4.98 Å². The van der Waals surface area contributed by atoms with Gasteiger partial charge in [-0.15, -0.1) is 0 Å². The van der Waals surface area contributed by atoms with Crippen LogP contribution in [0, 0.1) is 0 Å². The Morgan fingerprint density at radius 3 is 2.55 bits per heavy atom. The molecule has 2 aromatic carbocycles. The summed E-state index contributed by atoms with van der Waals surface area (Å²) in [5.74, 6) is 0. The van der Waals surface area contributed by atoms with Crippen molar-refractivity contribution < 1.29 is 13.0 Å². The molecule has 4 nitrogen and oxygen atoms in total. The summed E-state index contributed by atoms with van der Waals surface area (Å²) in [6.45, 7) is 0. The molecule has 22 heavy (non-hydrogen) atoms. The first kappa shape index (κ1) is 15.4. The Morgan fingerprint density at radius 1 is 1.09 bits per heavy atom. The van der Waals surface area contributed by atoms with E-state index in [-0.39, 0.29) is 4.90 Å². The van der Waals surface area contributed by atoms with Gasteiger partial charge in [0.15, 0.2) is 0 Å². The first-order valence-corrected chi connectivity index (χ1v) is 8.79. The van der Waals surface area contributed by atoms with Crippen molar-refractivity contribution in [1.29, 1.82) is 0 Å². The summed E-state index contributed by atoms with van der Waals surface area (Å²) in [4.78, 5) is 4.23. The fraction of sp³-hybridized carbons (Fsp3) is 0. The standard InChI is InChI=1S/C15H9BrClNO3S/c16-14-8-10(17)1-3-13(14)15-12-4-2-11(22(19,20)21)7-9(12)5-6-18-15/h1-8H,(H,19,20,21). The van der Waals surface area contributed by atoms with Crippen molar-refractivity contribution in [2.75, 3.05) is 0 Å². The van der Waals surface area contributed by atoms with Crippen molar-refractivity contribution in [2.45, 2.75) is 4.90 Å². The molecule has 0 atom stereocenters. The zero-order valence-corrected chi connectivity index (χ0v) is 14.2. The first-order valence-electron chi connectivity index (χ1n) is 6.18. The minimum Gasteiger partial charge on any atom is -0.282 e. The second kappa shape index (κ2) is 5.62. The second-order valence-electron chi connectivity index (χ2n) is 4.64. The minimum absolute atomic E-state index is 0.146. The van der Waals surface area contributed by atoms with Crippen molar-refractivity contribution in [3.63, 3.8) is 0 Å². The van der Waals surface area contributed by atoms with Crippen LogP contribution in [0.2, 0.25) is 5.02 Å². The molecule has 7 heteroatoms. The van der Waals surface area contributed by atoms with Gasteiger partial charge in [-0.25, -0.2) is 0 Å². The third-order valence-corrected chi connectivity index (χ3v) is 4.96. The van der Waals surface area contributed by atoms with E-state index in [0.29, 0.717) is 16.1 Å². The van der Waals surface area contributed by atoms with Gasteiger partial charge in [0.25, 0.3) is 10.1 Å². The largest absolute Gasteiger partial charge is 0.294 e. The third-order valence-electron chi connectivity index (χ3n) is 3.22. The van der Waals surface area contributed by atoms with Gasteiger partial charge in [-0.1, -0.05) is 39.7 Å². The molecule has 0 saturated carbocycles. The number of halogens is 2. The SMILES string of the molecule is O=S(=O)(O)c1ccc2c(-c3ccc(Cl)cc3Br)nccc2c1. The molecule has 112 valence electrons. The van der Waals surface area contributed by atoms with E-state index in [1.165, 1.54) is 12.1 Å². The van der Waals surface area contributed by atoms with E-state index < -0.39 is 10.1 Å². The van der Waals surface area contributed by atoms with Crippen LogP contribution in [0.4, 0.5) is 0 Å². The molecular formula is C15H9BrClNO3S. The van der Waals surface area contributed by atoms with E-state index in [4.69, 9.17) is 16.2 Å². The molecule has 0 fully saturated rings. The first-order chi connectivity index (χ1) is 10.4. The summed E-state index contributed by atoms with van der Waals surface area (Å²) < 4.78 is 32.4. The Balaban J connectivity index is 2.28. The van der Waals surface area contributed by atoms with Crippen LogP contribution in [0.3, 0.4) is 0 Å². The molecule has 1 N–H and O–H groups in total. The molecule has 0 unspecified atom stereocenters. The van der Waals surface area contributed by atoms with Gasteiger partial charge in [-0.05, 0) is 35.7 Å². The van der Waals surface area contributed by atoms with Crippen molar-refractivity contribution in [2.24, 2.45) is 0 Å². The van der Waals surface area contributed by atoms with Crippen LogP contribution >= 0.6 is 27.5 Å². The molecule has 1 heterocycles. The summed E-state index contributed by atoms with van der Waals surface area (Å²) in [5, 5.41) is 2.05. The predicted molar refractivity (Wildman–Crippen MR) is 89.7 cm³/mol.